The quantitative estimate of drug-likeness (QED) is 0.311. The molecule has 1 unspecified atom stereocenters. The summed E-state index contributed by atoms with van der Waals surface area (Å²) in [6.45, 7) is 4.06. The standard InChI is InChI=1S/C25H25F6NO2S/c1-15(2)12-32-13-20(22(25(29,30)31)14-35(33,34)17-8-9-17)19-10-7-16(11-23(19)32)18-5-3-4-6-21(18)24(26,27)28/h3-7,10-11,13,15,17,22H,8-9,12,14H2,1-2H3. The first-order chi connectivity index (χ1) is 16.2. The highest BCUT2D eigenvalue weighted by molar-refractivity contribution is 7.92. The van der Waals surface area contributed by atoms with Gasteiger partial charge in [-0.1, -0.05) is 44.2 Å². The van der Waals surface area contributed by atoms with Gasteiger partial charge >= 0.3 is 12.4 Å². The van der Waals surface area contributed by atoms with E-state index in [1.807, 2.05) is 13.8 Å². The fourth-order valence-corrected chi connectivity index (χ4v) is 6.41. The monoisotopic (exact) mass is 517 g/mol. The molecule has 35 heavy (non-hydrogen) atoms. The van der Waals surface area contributed by atoms with Crippen LogP contribution >= 0.6 is 0 Å². The predicted molar refractivity (Wildman–Crippen MR) is 123 cm³/mol. The second kappa shape index (κ2) is 8.87. The van der Waals surface area contributed by atoms with Gasteiger partial charge in [-0.3, -0.25) is 0 Å². The summed E-state index contributed by atoms with van der Waals surface area (Å²) in [6.07, 6.45) is -7.37. The van der Waals surface area contributed by atoms with Gasteiger partial charge in [0.1, 0.15) is 0 Å². The minimum absolute atomic E-state index is 0.0316. The molecule has 0 radical (unpaired) electrons. The van der Waals surface area contributed by atoms with E-state index in [1.54, 1.807) is 4.57 Å². The zero-order valence-electron chi connectivity index (χ0n) is 19.1. The highest BCUT2D eigenvalue weighted by atomic mass is 32.2. The van der Waals surface area contributed by atoms with Crippen molar-refractivity contribution in [3.8, 4) is 11.1 Å². The van der Waals surface area contributed by atoms with E-state index in [-0.39, 0.29) is 28.0 Å². The first kappa shape index (κ1) is 25.6. The van der Waals surface area contributed by atoms with Gasteiger partial charge in [-0.25, -0.2) is 8.42 Å². The Morgan fingerprint density at radius 1 is 1.00 bits per heavy atom. The van der Waals surface area contributed by atoms with Crippen LogP contribution < -0.4 is 0 Å². The largest absolute Gasteiger partial charge is 0.417 e. The Kier molecular flexibility index (Phi) is 6.49. The summed E-state index contributed by atoms with van der Waals surface area (Å²) >= 11 is 0. The Hall–Kier alpha value is -2.49. The number of alkyl halides is 6. The molecule has 0 saturated heterocycles. The number of aromatic nitrogens is 1. The molecule has 3 nitrogen and oxygen atoms in total. The molecule has 2 aromatic carbocycles. The lowest BCUT2D eigenvalue weighted by molar-refractivity contribution is -0.145. The van der Waals surface area contributed by atoms with Crippen LogP contribution in [-0.4, -0.2) is 30.2 Å². The number of rotatable bonds is 7. The molecule has 1 atom stereocenters. The zero-order chi connectivity index (χ0) is 25.8. The van der Waals surface area contributed by atoms with E-state index in [1.165, 1.54) is 42.6 Å². The topological polar surface area (TPSA) is 39.1 Å². The molecule has 1 heterocycles. The fraction of sp³-hybridized carbons (Fsp3) is 0.440. The van der Waals surface area contributed by atoms with Gasteiger partial charge in [-0.2, -0.15) is 26.3 Å². The van der Waals surface area contributed by atoms with Crippen molar-refractivity contribution in [2.75, 3.05) is 5.75 Å². The summed E-state index contributed by atoms with van der Waals surface area (Å²) in [7, 11) is -3.93. The molecule has 1 aromatic heterocycles. The molecule has 10 heteroatoms. The molecule has 4 rings (SSSR count). The number of hydrogen-bond donors (Lipinski definition) is 0. The van der Waals surface area contributed by atoms with E-state index >= 15 is 0 Å². The maximum absolute atomic E-state index is 14.1. The molecule has 0 bridgehead atoms. The summed E-state index contributed by atoms with van der Waals surface area (Å²) in [4.78, 5) is 0. The number of nitrogens with zero attached hydrogens (tertiary/aromatic N) is 1. The van der Waals surface area contributed by atoms with Crippen molar-refractivity contribution in [2.24, 2.45) is 5.92 Å². The van der Waals surface area contributed by atoms with Crippen LogP contribution in [0.4, 0.5) is 26.3 Å². The average molecular weight is 518 g/mol. The molecular formula is C25H25F6NO2S. The Morgan fingerprint density at radius 2 is 1.66 bits per heavy atom. The molecule has 3 aromatic rings. The van der Waals surface area contributed by atoms with Crippen LogP contribution in [0.3, 0.4) is 0 Å². The minimum Gasteiger partial charge on any atom is -0.347 e. The van der Waals surface area contributed by atoms with Crippen molar-refractivity contribution in [1.29, 1.82) is 0 Å². The van der Waals surface area contributed by atoms with Crippen LogP contribution in [-0.2, 0) is 22.6 Å². The highest BCUT2D eigenvalue weighted by Crippen LogP contribution is 2.44. The molecule has 0 N–H and O–H groups in total. The molecule has 0 aliphatic heterocycles. The molecular weight excluding hydrogens is 492 g/mol. The summed E-state index contributed by atoms with van der Waals surface area (Å²) in [5.41, 5.74) is -0.543. The molecule has 0 spiro atoms. The lowest BCUT2D eigenvalue weighted by Gasteiger charge is -2.20. The molecule has 190 valence electrons. The SMILES string of the molecule is CC(C)Cn1cc(C(CS(=O)(=O)C2CC2)C(F)(F)F)c2ccc(-c3ccccc3C(F)(F)F)cc21. The minimum atomic E-state index is -4.81. The van der Waals surface area contributed by atoms with Crippen molar-refractivity contribution in [3.63, 3.8) is 0 Å². The third-order valence-corrected chi connectivity index (χ3v) is 8.51. The molecule has 1 aliphatic carbocycles. The number of sulfone groups is 1. The van der Waals surface area contributed by atoms with E-state index in [2.05, 4.69) is 0 Å². The van der Waals surface area contributed by atoms with E-state index in [0.717, 1.165) is 6.07 Å². The lowest BCUT2D eigenvalue weighted by Crippen LogP contribution is -2.29. The Morgan fingerprint density at radius 3 is 2.23 bits per heavy atom. The summed E-state index contributed by atoms with van der Waals surface area (Å²) in [6, 6.07) is 9.20. The Bertz CT molecular complexity index is 1330. The van der Waals surface area contributed by atoms with Crippen molar-refractivity contribution >= 4 is 20.7 Å². The molecule has 1 aliphatic rings. The second-order valence-electron chi connectivity index (χ2n) is 9.53. The van der Waals surface area contributed by atoms with Gasteiger partial charge in [0.15, 0.2) is 9.84 Å². The first-order valence-electron chi connectivity index (χ1n) is 11.3. The Labute approximate surface area is 199 Å². The average Bonchev–Trinajstić information content (AvgIpc) is 3.55. The molecule has 1 fully saturated rings. The Balaban J connectivity index is 1.89. The molecule has 0 amide bonds. The predicted octanol–water partition coefficient (Wildman–Crippen LogP) is 7.21. The smallest absolute Gasteiger partial charge is 0.347 e. The summed E-state index contributed by atoms with van der Waals surface area (Å²) < 4.78 is 110. The maximum Gasteiger partial charge on any atom is 0.417 e. The number of halogens is 6. The van der Waals surface area contributed by atoms with Crippen LogP contribution in [0, 0.1) is 5.92 Å². The third kappa shape index (κ3) is 5.37. The molecule has 1 saturated carbocycles. The van der Waals surface area contributed by atoms with Gasteiger partial charge in [0.2, 0.25) is 0 Å². The summed E-state index contributed by atoms with van der Waals surface area (Å²) in [5, 5.41) is -0.547. The first-order valence-corrected chi connectivity index (χ1v) is 13.0. The van der Waals surface area contributed by atoms with E-state index in [9.17, 15) is 34.8 Å². The third-order valence-electron chi connectivity index (χ3n) is 6.22. The maximum atomic E-state index is 14.1. The van der Waals surface area contributed by atoms with Crippen LogP contribution in [0.2, 0.25) is 0 Å². The van der Waals surface area contributed by atoms with Gasteiger partial charge in [0, 0.05) is 23.6 Å². The van der Waals surface area contributed by atoms with E-state index in [4.69, 9.17) is 0 Å². The van der Waals surface area contributed by atoms with Crippen LogP contribution in [0.5, 0.6) is 0 Å². The van der Waals surface area contributed by atoms with Crippen molar-refractivity contribution in [1.82, 2.24) is 4.57 Å². The number of fused-ring (bicyclic) bond motifs is 1. The van der Waals surface area contributed by atoms with Crippen LogP contribution in [0.1, 0.15) is 43.7 Å². The lowest BCUT2D eigenvalue weighted by atomic mass is 9.95. The van der Waals surface area contributed by atoms with Gasteiger partial charge in [0.05, 0.1) is 22.5 Å². The normalized spacial score (nSPS) is 16.3. The van der Waals surface area contributed by atoms with E-state index in [0.29, 0.717) is 24.9 Å². The van der Waals surface area contributed by atoms with Crippen molar-refractivity contribution < 1.29 is 34.8 Å². The van der Waals surface area contributed by atoms with Crippen LogP contribution in [0.15, 0.2) is 48.7 Å². The van der Waals surface area contributed by atoms with Gasteiger partial charge in [-0.05, 0) is 47.6 Å². The van der Waals surface area contributed by atoms with Crippen LogP contribution in [0.25, 0.3) is 22.0 Å². The highest BCUT2D eigenvalue weighted by Gasteiger charge is 2.48. The van der Waals surface area contributed by atoms with E-state index < -0.39 is 44.7 Å². The fourth-order valence-electron chi connectivity index (χ4n) is 4.45. The summed E-state index contributed by atoms with van der Waals surface area (Å²) in [5.74, 6) is -3.23. The van der Waals surface area contributed by atoms with Gasteiger partial charge < -0.3 is 4.57 Å². The van der Waals surface area contributed by atoms with Gasteiger partial charge in [-0.15, -0.1) is 0 Å². The number of benzene rings is 2. The number of hydrogen-bond acceptors (Lipinski definition) is 2. The van der Waals surface area contributed by atoms with Crippen molar-refractivity contribution in [3.05, 3.63) is 59.8 Å². The van der Waals surface area contributed by atoms with Gasteiger partial charge in [0.25, 0.3) is 0 Å². The zero-order valence-corrected chi connectivity index (χ0v) is 19.9. The second-order valence-corrected chi connectivity index (χ2v) is 11.9. The van der Waals surface area contributed by atoms with Crippen molar-refractivity contribution in [2.45, 2.75) is 56.8 Å².